The van der Waals surface area contributed by atoms with Crippen LogP contribution in [0.3, 0.4) is 0 Å². The standard InChI is InChI=1S/C12H9BrFNO2/c13-9-1-2-10(11(14)5-9)12(16)15-6-8-3-4-17-7-8/h1-5,7H,6H2,(H,15,16). The van der Waals surface area contributed by atoms with Crippen LogP contribution in [0, 0.1) is 5.82 Å². The summed E-state index contributed by atoms with van der Waals surface area (Å²) in [6.45, 7) is 0.310. The Bertz CT molecular complexity index is 525. The quantitative estimate of drug-likeness (QED) is 0.946. The molecule has 0 aliphatic heterocycles. The van der Waals surface area contributed by atoms with E-state index in [-0.39, 0.29) is 5.56 Å². The van der Waals surface area contributed by atoms with Gasteiger partial charge in [-0.2, -0.15) is 0 Å². The van der Waals surface area contributed by atoms with E-state index in [1.165, 1.54) is 24.7 Å². The van der Waals surface area contributed by atoms with Crippen LogP contribution in [-0.2, 0) is 6.54 Å². The zero-order valence-corrected chi connectivity index (χ0v) is 10.3. The summed E-state index contributed by atoms with van der Waals surface area (Å²) in [5.74, 6) is -1.000. The molecule has 1 heterocycles. The predicted octanol–water partition coefficient (Wildman–Crippen LogP) is 3.11. The molecule has 0 radical (unpaired) electrons. The van der Waals surface area contributed by atoms with Gasteiger partial charge < -0.3 is 9.73 Å². The van der Waals surface area contributed by atoms with Gasteiger partial charge in [0.1, 0.15) is 5.82 Å². The minimum absolute atomic E-state index is 0.0247. The van der Waals surface area contributed by atoms with E-state index in [0.29, 0.717) is 11.0 Å². The van der Waals surface area contributed by atoms with Crippen LogP contribution in [0.25, 0.3) is 0 Å². The number of amides is 1. The van der Waals surface area contributed by atoms with Crippen molar-refractivity contribution in [2.24, 2.45) is 0 Å². The molecule has 17 heavy (non-hydrogen) atoms. The largest absolute Gasteiger partial charge is 0.472 e. The monoisotopic (exact) mass is 297 g/mol. The third-order valence-electron chi connectivity index (χ3n) is 2.21. The number of halogens is 2. The first-order chi connectivity index (χ1) is 8.16. The number of carbonyl (C=O) groups is 1. The molecule has 0 spiro atoms. The van der Waals surface area contributed by atoms with Crippen molar-refractivity contribution in [2.45, 2.75) is 6.54 Å². The summed E-state index contributed by atoms with van der Waals surface area (Å²) in [5.41, 5.74) is 0.854. The molecule has 88 valence electrons. The van der Waals surface area contributed by atoms with E-state index in [9.17, 15) is 9.18 Å². The van der Waals surface area contributed by atoms with Crippen molar-refractivity contribution in [3.05, 3.63) is 58.2 Å². The molecule has 2 aromatic rings. The Morgan fingerprint density at radius 1 is 1.41 bits per heavy atom. The number of rotatable bonds is 3. The Labute approximate surface area is 106 Å². The van der Waals surface area contributed by atoms with Crippen LogP contribution in [0.15, 0.2) is 45.7 Å². The molecule has 1 amide bonds. The molecule has 0 aliphatic carbocycles. The third-order valence-corrected chi connectivity index (χ3v) is 2.70. The van der Waals surface area contributed by atoms with Gasteiger partial charge in [-0.1, -0.05) is 15.9 Å². The summed E-state index contributed by atoms with van der Waals surface area (Å²) in [6, 6.07) is 6.05. The van der Waals surface area contributed by atoms with E-state index < -0.39 is 11.7 Å². The fourth-order valence-corrected chi connectivity index (χ4v) is 1.68. The lowest BCUT2D eigenvalue weighted by Crippen LogP contribution is -2.23. The average molecular weight is 298 g/mol. The van der Waals surface area contributed by atoms with E-state index in [1.807, 2.05) is 0 Å². The Balaban J connectivity index is 2.04. The molecule has 1 aromatic carbocycles. The molecule has 0 bridgehead atoms. The summed E-state index contributed by atoms with van der Waals surface area (Å²) in [7, 11) is 0. The molecule has 0 atom stereocenters. The number of nitrogens with one attached hydrogen (secondary N) is 1. The van der Waals surface area contributed by atoms with Crippen molar-refractivity contribution in [3.8, 4) is 0 Å². The first-order valence-corrected chi connectivity index (χ1v) is 5.70. The van der Waals surface area contributed by atoms with Gasteiger partial charge >= 0.3 is 0 Å². The van der Waals surface area contributed by atoms with Gasteiger partial charge in [-0.05, 0) is 24.3 Å². The number of furan rings is 1. The summed E-state index contributed by atoms with van der Waals surface area (Å²) < 4.78 is 18.9. The van der Waals surface area contributed by atoms with Gasteiger partial charge in [0.25, 0.3) is 5.91 Å². The van der Waals surface area contributed by atoms with Gasteiger partial charge in [0.15, 0.2) is 0 Å². The average Bonchev–Trinajstić information content (AvgIpc) is 2.78. The van der Waals surface area contributed by atoms with Crippen molar-refractivity contribution in [3.63, 3.8) is 0 Å². The van der Waals surface area contributed by atoms with Crippen LogP contribution < -0.4 is 5.32 Å². The molecule has 1 N–H and O–H groups in total. The first kappa shape index (κ1) is 11.9. The molecule has 1 aromatic heterocycles. The number of hydrogen-bond donors (Lipinski definition) is 1. The second-order valence-electron chi connectivity index (χ2n) is 3.44. The lowest BCUT2D eigenvalue weighted by molar-refractivity contribution is 0.0947. The van der Waals surface area contributed by atoms with Crippen LogP contribution >= 0.6 is 15.9 Å². The van der Waals surface area contributed by atoms with Crippen molar-refractivity contribution in [1.29, 1.82) is 0 Å². The summed E-state index contributed by atoms with van der Waals surface area (Å²) in [6.07, 6.45) is 3.04. The minimum Gasteiger partial charge on any atom is -0.472 e. The smallest absolute Gasteiger partial charge is 0.254 e. The highest BCUT2D eigenvalue weighted by Gasteiger charge is 2.11. The lowest BCUT2D eigenvalue weighted by Gasteiger charge is -2.04. The topological polar surface area (TPSA) is 42.2 Å². The fourth-order valence-electron chi connectivity index (χ4n) is 1.34. The van der Waals surface area contributed by atoms with Crippen LogP contribution in [-0.4, -0.2) is 5.91 Å². The van der Waals surface area contributed by atoms with Gasteiger partial charge in [0.05, 0.1) is 18.1 Å². The Morgan fingerprint density at radius 3 is 2.88 bits per heavy atom. The van der Waals surface area contributed by atoms with Crippen molar-refractivity contribution in [1.82, 2.24) is 5.32 Å². The summed E-state index contributed by atoms with van der Waals surface area (Å²) >= 11 is 3.13. The predicted molar refractivity (Wildman–Crippen MR) is 64.0 cm³/mol. The molecular weight excluding hydrogens is 289 g/mol. The highest BCUT2D eigenvalue weighted by atomic mass is 79.9. The van der Waals surface area contributed by atoms with Gasteiger partial charge in [-0.3, -0.25) is 4.79 Å². The number of hydrogen-bond acceptors (Lipinski definition) is 2. The van der Waals surface area contributed by atoms with E-state index in [2.05, 4.69) is 21.2 Å². The zero-order chi connectivity index (χ0) is 12.3. The van der Waals surface area contributed by atoms with Crippen LogP contribution in [0.1, 0.15) is 15.9 Å². The van der Waals surface area contributed by atoms with Crippen molar-refractivity contribution < 1.29 is 13.6 Å². The van der Waals surface area contributed by atoms with Crippen LogP contribution in [0.2, 0.25) is 0 Å². The van der Waals surface area contributed by atoms with Gasteiger partial charge in [-0.25, -0.2) is 4.39 Å². The van der Waals surface area contributed by atoms with E-state index in [4.69, 9.17) is 4.42 Å². The minimum atomic E-state index is -0.552. The molecule has 5 heteroatoms. The molecule has 0 unspecified atom stereocenters. The molecule has 3 nitrogen and oxygen atoms in total. The molecule has 0 saturated carbocycles. The Hall–Kier alpha value is -1.62. The Kier molecular flexibility index (Phi) is 3.58. The first-order valence-electron chi connectivity index (χ1n) is 4.91. The fraction of sp³-hybridized carbons (Fsp3) is 0.0833. The number of benzene rings is 1. The summed E-state index contributed by atoms with van der Waals surface area (Å²) in [4.78, 5) is 11.7. The van der Waals surface area contributed by atoms with Crippen LogP contribution in [0.4, 0.5) is 4.39 Å². The van der Waals surface area contributed by atoms with Crippen LogP contribution in [0.5, 0.6) is 0 Å². The highest BCUT2D eigenvalue weighted by molar-refractivity contribution is 9.10. The van der Waals surface area contributed by atoms with Crippen molar-refractivity contribution in [2.75, 3.05) is 0 Å². The second kappa shape index (κ2) is 5.14. The Morgan fingerprint density at radius 2 is 2.24 bits per heavy atom. The molecule has 0 saturated heterocycles. The maximum absolute atomic E-state index is 13.5. The number of carbonyl (C=O) groups excluding carboxylic acids is 1. The lowest BCUT2D eigenvalue weighted by atomic mass is 10.2. The SMILES string of the molecule is O=C(NCc1ccoc1)c1ccc(Br)cc1F. The second-order valence-corrected chi connectivity index (χ2v) is 4.35. The van der Waals surface area contributed by atoms with E-state index in [0.717, 1.165) is 5.56 Å². The van der Waals surface area contributed by atoms with Crippen molar-refractivity contribution >= 4 is 21.8 Å². The molecule has 2 rings (SSSR count). The van der Waals surface area contributed by atoms with Gasteiger partial charge in [0, 0.05) is 16.6 Å². The molecule has 0 aliphatic rings. The zero-order valence-electron chi connectivity index (χ0n) is 8.74. The summed E-state index contributed by atoms with van der Waals surface area (Å²) in [5, 5.41) is 2.61. The maximum Gasteiger partial charge on any atom is 0.254 e. The maximum atomic E-state index is 13.5. The third kappa shape index (κ3) is 2.94. The van der Waals surface area contributed by atoms with E-state index in [1.54, 1.807) is 12.1 Å². The highest BCUT2D eigenvalue weighted by Crippen LogP contribution is 2.15. The molecular formula is C12H9BrFNO2. The molecule has 0 fully saturated rings. The van der Waals surface area contributed by atoms with Gasteiger partial charge in [0.2, 0.25) is 0 Å². The normalized spacial score (nSPS) is 10.2. The van der Waals surface area contributed by atoms with E-state index >= 15 is 0 Å². The van der Waals surface area contributed by atoms with Gasteiger partial charge in [-0.15, -0.1) is 0 Å².